The number of halogens is 1. The zero-order valence-electron chi connectivity index (χ0n) is 16.2. The summed E-state index contributed by atoms with van der Waals surface area (Å²) < 4.78 is 5.30. The summed E-state index contributed by atoms with van der Waals surface area (Å²) in [5.74, 6) is 6.78. The number of benzene rings is 1. The fraction of sp³-hybridized carbons (Fsp3) is 0.150. The van der Waals surface area contributed by atoms with Gasteiger partial charge in [-0.15, -0.1) is 0 Å². The van der Waals surface area contributed by atoms with Crippen LogP contribution in [0.1, 0.15) is 11.3 Å². The van der Waals surface area contributed by atoms with Crippen molar-refractivity contribution in [3.63, 3.8) is 0 Å². The van der Waals surface area contributed by atoms with Gasteiger partial charge in [0.25, 0.3) is 0 Å². The maximum Gasteiger partial charge on any atom is 0.166 e. The van der Waals surface area contributed by atoms with Crippen LogP contribution < -0.4 is 22.3 Å². The predicted octanol–water partition coefficient (Wildman–Crippen LogP) is 3.42. The molecule has 0 saturated carbocycles. The van der Waals surface area contributed by atoms with Crippen LogP contribution in [-0.2, 0) is 11.1 Å². The lowest BCUT2D eigenvalue weighted by Gasteiger charge is -2.20. The number of fused-ring (bicyclic) bond motifs is 1. The van der Waals surface area contributed by atoms with Gasteiger partial charge in [-0.2, -0.15) is 0 Å². The van der Waals surface area contributed by atoms with E-state index in [4.69, 9.17) is 21.8 Å². The molecule has 0 fully saturated rings. The monoisotopic (exact) mass is 535 g/mol. The fourth-order valence-corrected chi connectivity index (χ4v) is 3.67. The summed E-state index contributed by atoms with van der Waals surface area (Å²) in [6, 6.07) is 13.5. The van der Waals surface area contributed by atoms with Crippen molar-refractivity contribution in [2.75, 3.05) is 23.9 Å². The molecule has 156 valence electrons. The third-order valence-corrected chi connectivity index (χ3v) is 5.53. The zero-order valence-corrected chi connectivity index (χ0v) is 19.4. The van der Waals surface area contributed by atoms with Crippen molar-refractivity contribution >= 4 is 62.7 Å². The molecule has 8 nitrogen and oxygen atoms in total. The Labute approximate surface area is 189 Å². The Bertz CT molecular complexity index is 1060. The molecule has 0 aliphatic carbocycles. The van der Waals surface area contributed by atoms with Gasteiger partial charge in [0.15, 0.2) is 5.82 Å². The van der Waals surface area contributed by atoms with Crippen LogP contribution in [-0.4, -0.2) is 29.3 Å². The van der Waals surface area contributed by atoms with E-state index in [9.17, 15) is 0 Å². The second-order valence-electron chi connectivity index (χ2n) is 6.35. The second kappa shape index (κ2) is 11.2. The molecule has 3 aromatic rings. The van der Waals surface area contributed by atoms with Gasteiger partial charge in [-0.25, -0.2) is 10.8 Å². The van der Waals surface area contributed by atoms with Gasteiger partial charge < -0.3 is 16.0 Å². The normalized spacial score (nSPS) is 12.4. The van der Waals surface area contributed by atoms with E-state index in [-0.39, 0.29) is 0 Å². The average molecular weight is 535 g/mol. The van der Waals surface area contributed by atoms with Crippen molar-refractivity contribution in [2.45, 2.75) is 6.54 Å². The van der Waals surface area contributed by atoms with E-state index in [1.807, 2.05) is 24.3 Å². The number of hydrazine groups is 1. The summed E-state index contributed by atoms with van der Waals surface area (Å²) >= 11 is 2.17. The van der Waals surface area contributed by atoms with Crippen molar-refractivity contribution in [2.24, 2.45) is 16.6 Å². The second-order valence-corrected chi connectivity index (χ2v) is 8.11. The highest BCUT2D eigenvalue weighted by Crippen LogP contribution is 2.24. The topological polar surface area (TPSA) is 129 Å². The first kappa shape index (κ1) is 22.4. The van der Waals surface area contributed by atoms with Crippen LogP contribution in [0, 0.1) is 0 Å². The minimum absolute atomic E-state index is 0.420. The lowest BCUT2D eigenvalue weighted by molar-refractivity contribution is 0.384. The molecule has 0 saturated heterocycles. The van der Waals surface area contributed by atoms with Crippen molar-refractivity contribution in [3.05, 3.63) is 66.1 Å². The molecule has 1 atom stereocenters. The molecule has 2 aromatic heterocycles. The molecule has 2 heterocycles. The number of nitrogen functional groups attached to an aromatic ring is 1. The predicted molar refractivity (Wildman–Crippen MR) is 135 cm³/mol. The molecule has 0 aliphatic rings. The fourth-order valence-electron chi connectivity index (χ4n) is 2.84. The molecule has 3 rings (SSSR count). The minimum Gasteiger partial charge on any atom is -0.404 e. The van der Waals surface area contributed by atoms with Crippen LogP contribution in [0.15, 0.2) is 59.9 Å². The number of allylic oxidation sites excluding steroid dienone is 1. The molecule has 0 bridgehead atoms. The Balaban J connectivity index is 1.77. The number of rotatable bonds is 9. The summed E-state index contributed by atoms with van der Waals surface area (Å²) in [7, 11) is 0. The molecular weight excluding hydrogens is 512 g/mol. The molecule has 30 heavy (non-hydrogen) atoms. The number of aliphatic imine (C=N–C) groups is 1. The van der Waals surface area contributed by atoms with E-state index in [1.165, 1.54) is 11.2 Å². The lowest BCUT2D eigenvalue weighted by atomic mass is 10.1. The zero-order chi connectivity index (χ0) is 21.3. The Morgan fingerprint density at radius 2 is 2.13 bits per heavy atom. The molecule has 0 radical (unpaired) electrons. The van der Waals surface area contributed by atoms with Gasteiger partial charge in [-0.3, -0.25) is 15.0 Å². The van der Waals surface area contributed by atoms with E-state index >= 15 is 0 Å². The number of pyridine rings is 2. The number of nitrogens with two attached hydrogens (primary N) is 3. The molecule has 6 N–H and O–H groups in total. The van der Waals surface area contributed by atoms with Crippen molar-refractivity contribution in [1.29, 1.82) is 0 Å². The van der Waals surface area contributed by atoms with Gasteiger partial charge in [0.05, 0.1) is 43.0 Å². The van der Waals surface area contributed by atoms with E-state index in [2.05, 4.69) is 43.1 Å². The van der Waals surface area contributed by atoms with Gasteiger partial charge in [0.1, 0.15) is 0 Å². The van der Waals surface area contributed by atoms with E-state index in [1.54, 1.807) is 24.5 Å². The summed E-state index contributed by atoms with van der Waals surface area (Å²) in [6.07, 6.45) is 4.92. The molecule has 1 aromatic carbocycles. The standard InChI is InChI=1S/C20H23IN7OP/c21-30-29-9-8-25-12-16(11-22)19-6-4-17(23)20(27-19)28(24)13-14-3-5-18-15(10-14)2-1-7-26-18/h1-7,10-12,30H,8-9,13,22-24H2. The SMILES string of the molecule is NC=C(C=NCCOPI)c1ccc(N)c(N(N)Cc2ccc3ncccc3c2)n1. The van der Waals surface area contributed by atoms with Crippen LogP contribution in [0.25, 0.3) is 16.5 Å². The van der Waals surface area contributed by atoms with Gasteiger partial charge in [-0.05, 0) is 57.9 Å². The molecule has 1 unspecified atom stereocenters. The Kier molecular flexibility index (Phi) is 8.32. The van der Waals surface area contributed by atoms with Gasteiger partial charge in [-0.1, -0.05) is 12.1 Å². The highest BCUT2D eigenvalue weighted by Gasteiger charge is 2.12. The van der Waals surface area contributed by atoms with E-state index in [0.717, 1.165) is 16.5 Å². The van der Waals surface area contributed by atoms with Crippen LogP contribution >= 0.6 is 28.5 Å². The Morgan fingerprint density at radius 1 is 1.27 bits per heavy atom. The summed E-state index contributed by atoms with van der Waals surface area (Å²) in [5.41, 5.74) is 15.7. The quantitative estimate of drug-likeness (QED) is 0.0957. The van der Waals surface area contributed by atoms with Crippen LogP contribution in [0.5, 0.6) is 0 Å². The molecule has 0 spiro atoms. The van der Waals surface area contributed by atoms with Gasteiger partial charge in [0.2, 0.25) is 0 Å². The minimum atomic E-state index is 0.420. The summed E-state index contributed by atoms with van der Waals surface area (Å²) in [6.45, 7) is 1.97. The highest BCUT2D eigenvalue weighted by molar-refractivity contribution is 14.2. The molecule has 10 heteroatoms. The first-order valence-electron chi connectivity index (χ1n) is 9.14. The number of hydrogen-bond acceptors (Lipinski definition) is 8. The first-order valence-corrected chi connectivity index (χ1v) is 13.2. The average Bonchev–Trinajstić information content (AvgIpc) is 2.77. The largest absolute Gasteiger partial charge is 0.404 e. The van der Waals surface area contributed by atoms with E-state index < -0.39 is 0 Å². The van der Waals surface area contributed by atoms with Crippen LogP contribution in [0.2, 0.25) is 0 Å². The van der Waals surface area contributed by atoms with Crippen molar-refractivity contribution in [3.8, 4) is 0 Å². The Morgan fingerprint density at radius 3 is 2.93 bits per heavy atom. The smallest absolute Gasteiger partial charge is 0.166 e. The number of anilines is 2. The summed E-state index contributed by atoms with van der Waals surface area (Å²) in [4.78, 5) is 13.3. The summed E-state index contributed by atoms with van der Waals surface area (Å²) in [5, 5.41) is 2.58. The van der Waals surface area contributed by atoms with E-state index in [0.29, 0.717) is 48.9 Å². The Hall–Kier alpha value is -2.33. The maximum atomic E-state index is 6.31. The van der Waals surface area contributed by atoms with Crippen LogP contribution in [0.3, 0.4) is 0 Å². The van der Waals surface area contributed by atoms with Crippen LogP contribution in [0.4, 0.5) is 11.5 Å². The van der Waals surface area contributed by atoms with Gasteiger partial charge in [0, 0.05) is 29.6 Å². The first-order chi connectivity index (χ1) is 14.6. The lowest BCUT2D eigenvalue weighted by Crippen LogP contribution is -2.32. The molecular formula is C20H23IN7OP. The van der Waals surface area contributed by atoms with Crippen molar-refractivity contribution < 1.29 is 4.52 Å². The third-order valence-electron chi connectivity index (χ3n) is 4.28. The number of hydrogen-bond donors (Lipinski definition) is 3. The number of nitrogens with zero attached hydrogens (tertiary/aromatic N) is 4. The maximum absolute atomic E-state index is 6.31. The number of aromatic nitrogens is 2. The molecule has 0 amide bonds. The highest BCUT2D eigenvalue weighted by atomic mass is 127. The third kappa shape index (κ3) is 5.85. The molecule has 0 aliphatic heterocycles. The van der Waals surface area contributed by atoms with Gasteiger partial charge >= 0.3 is 0 Å². The van der Waals surface area contributed by atoms with Crippen molar-refractivity contribution in [1.82, 2.24) is 9.97 Å².